The molecule has 0 aliphatic heterocycles. The normalized spacial score (nSPS) is 11.6. The second kappa shape index (κ2) is 5.64. The molecule has 0 spiro atoms. The van der Waals surface area contributed by atoms with Crippen molar-refractivity contribution in [2.45, 2.75) is 4.90 Å². The Morgan fingerprint density at radius 2 is 1.70 bits per heavy atom. The SMILES string of the molecule is COc1ccc(S(=O)(=O)Nc2cc3[nH]c(=O)[nH]c3cc2Cl)cc1. The van der Waals surface area contributed by atoms with Gasteiger partial charge in [-0.15, -0.1) is 0 Å². The van der Waals surface area contributed by atoms with E-state index < -0.39 is 15.7 Å². The molecule has 2 aromatic carbocycles. The molecule has 0 saturated heterocycles. The number of benzene rings is 2. The summed E-state index contributed by atoms with van der Waals surface area (Å²) in [4.78, 5) is 16.4. The van der Waals surface area contributed by atoms with Crippen LogP contribution in [0.25, 0.3) is 11.0 Å². The summed E-state index contributed by atoms with van der Waals surface area (Å²) in [6, 6.07) is 8.86. The van der Waals surface area contributed by atoms with E-state index in [2.05, 4.69) is 14.7 Å². The molecule has 1 heterocycles. The number of aromatic amines is 2. The van der Waals surface area contributed by atoms with Gasteiger partial charge in [-0.05, 0) is 36.4 Å². The molecule has 0 bridgehead atoms. The molecule has 9 heteroatoms. The van der Waals surface area contributed by atoms with Crippen LogP contribution >= 0.6 is 11.6 Å². The smallest absolute Gasteiger partial charge is 0.323 e. The Labute approximate surface area is 136 Å². The number of rotatable bonds is 4. The highest BCUT2D eigenvalue weighted by molar-refractivity contribution is 7.92. The average Bonchev–Trinajstić information content (AvgIpc) is 2.86. The Bertz CT molecular complexity index is 1020. The first-order chi connectivity index (χ1) is 10.9. The number of sulfonamides is 1. The van der Waals surface area contributed by atoms with Gasteiger partial charge in [-0.2, -0.15) is 0 Å². The molecule has 0 fully saturated rings. The lowest BCUT2D eigenvalue weighted by molar-refractivity contribution is 0.414. The molecule has 0 saturated carbocycles. The van der Waals surface area contributed by atoms with Gasteiger partial charge in [0.25, 0.3) is 10.0 Å². The monoisotopic (exact) mass is 353 g/mol. The Kier molecular flexibility index (Phi) is 3.78. The molecule has 3 aromatic rings. The lowest BCUT2D eigenvalue weighted by atomic mass is 10.3. The van der Waals surface area contributed by atoms with Crippen LogP contribution in [0.1, 0.15) is 0 Å². The number of hydrogen-bond acceptors (Lipinski definition) is 4. The predicted octanol–water partition coefficient (Wildman–Crippen LogP) is 2.32. The van der Waals surface area contributed by atoms with E-state index in [-0.39, 0.29) is 15.6 Å². The van der Waals surface area contributed by atoms with Gasteiger partial charge in [0.15, 0.2) is 0 Å². The third-order valence-corrected chi connectivity index (χ3v) is 4.91. The summed E-state index contributed by atoms with van der Waals surface area (Å²) in [5.41, 5.74) is 0.718. The molecule has 0 unspecified atom stereocenters. The van der Waals surface area contributed by atoms with Crippen LogP contribution in [-0.2, 0) is 10.0 Å². The molecule has 0 radical (unpaired) electrons. The second-order valence-corrected chi connectivity index (χ2v) is 6.83. The summed E-state index contributed by atoms with van der Waals surface area (Å²) < 4.78 is 32.2. The Morgan fingerprint density at radius 1 is 1.09 bits per heavy atom. The van der Waals surface area contributed by atoms with Crippen LogP contribution in [0.15, 0.2) is 46.1 Å². The zero-order chi connectivity index (χ0) is 16.6. The number of imidazole rings is 1. The predicted molar refractivity (Wildman–Crippen MR) is 87.7 cm³/mol. The number of halogens is 1. The molecule has 3 rings (SSSR count). The molecule has 0 aliphatic rings. The van der Waals surface area contributed by atoms with Crippen LogP contribution in [0, 0.1) is 0 Å². The largest absolute Gasteiger partial charge is 0.497 e. The van der Waals surface area contributed by atoms with Gasteiger partial charge in [0.1, 0.15) is 5.75 Å². The standard InChI is InChI=1S/C14H12ClN3O4S/c1-22-8-2-4-9(5-3-8)23(20,21)18-11-7-13-12(6-10(11)15)16-14(19)17-13/h2-7,18H,1H3,(H2,16,17,19). The summed E-state index contributed by atoms with van der Waals surface area (Å²) >= 11 is 6.07. The van der Waals surface area contributed by atoms with Gasteiger partial charge < -0.3 is 14.7 Å². The van der Waals surface area contributed by atoms with E-state index >= 15 is 0 Å². The highest BCUT2D eigenvalue weighted by Gasteiger charge is 2.17. The first kappa shape index (κ1) is 15.4. The number of H-pyrrole nitrogens is 2. The van der Waals surface area contributed by atoms with Crippen molar-refractivity contribution >= 4 is 38.3 Å². The minimum atomic E-state index is -3.81. The lowest BCUT2D eigenvalue weighted by Gasteiger charge is -2.10. The van der Waals surface area contributed by atoms with Gasteiger partial charge in [-0.3, -0.25) is 4.72 Å². The van der Waals surface area contributed by atoms with Gasteiger partial charge >= 0.3 is 5.69 Å². The van der Waals surface area contributed by atoms with Crippen molar-refractivity contribution in [1.29, 1.82) is 0 Å². The first-order valence-corrected chi connectivity index (χ1v) is 8.33. The van der Waals surface area contributed by atoms with Crippen molar-refractivity contribution in [3.8, 4) is 5.75 Å². The third-order valence-electron chi connectivity index (χ3n) is 3.22. The van der Waals surface area contributed by atoms with Crippen LogP contribution in [0.2, 0.25) is 5.02 Å². The van der Waals surface area contributed by atoms with Gasteiger partial charge in [0.2, 0.25) is 0 Å². The van der Waals surface area contributed by atoms with Gasteiger partial charge in [-0.1, -0.05) is 11.6 Å². The fourth-order valence-corrected chi connectivity index (χ4v) is 3.43. The van der Waals surface area contributed by atoms with Crippen LogP contribution in [0.5, 0.6) is 5.75 Å². The maximum absolute atomic E-state index is 12.4. The fraction of sp³-hybridized carbons (Fsp3) is 0.0714. The van der Waals surface area contributed by atoms with Crippen molar-refractivity contribution in [2.75, 3.05) is 11.8 Å². The summed E-state index contributed by atoms with van der Waals surface area (Å²) in [7, 11) is -2.32. The Morgan fingerprint density at radius 3 is 2.30 bits per heavy atom. The number of aromatic nitrogens is 2. The third kappa shape index (κ3) is 3.03. The van der Waals surface area contributed by atoms with E-state index in [4.69, 9.17) is 16.3 Å². The van der Waals surface area contributed by atoms with Crippen LogP contribution < -0.4 is 15.1 Å². The maximum Gasteiger partial charge on any atom is 0.323 e. The van der Waals surface area contributed by atoms with Gasteiger partial charge in [0, 0.05) is 0 Å². The molecule has 1 aromatic heterocycles. The number of ether oxygens (including phenoxy) is 1. The first-order valence-electron chi connectivity index (χ1n) is 6.47. The Hall–Kier alpha value is -2.45. The van der Waals surface area contributed by atoms with Crippen molar-refractivity contribution in [1.82, 2.24) is 9.97 Å². The summed E-state index contributed by atoms with van der Waals surface area (Å²) in [6.45, 7) is 0. The number of anilines is 1. The van der Waals surface area contributed by atoms with E-state index in [9.17, 15) is 13.2 Å². The van der Waals surface area contributed by atoms with E-state index in [1.54, 1.807) is 12.1 Å². The van der Waals surface area contributed by atoms with Crippen LogP contribution in [0.4, 0.5) is 5.69 Å². The maximum atomic E-state index is 12.4. The van der Waals surface area contributed by atoms with Gasteiger partial charge in [-0.25, -0.2) is 13.2 Å². The van der Waals surface area contributed by atoms with Crippen molar-refractivity contribution in [2.24, 2.45) is 0 Å². The van der Waals surface area contributed by atoms with Gasteiger partial charge in [0.05, 0.1) is 33.7 Å². The number of fused-ring (bicyclic) bond motifs is 1. The molecular formula is C14H12ClN3O4S. The minimum Gasteiger partial charge on any atom is -0.497 e. The van der Waals surface area contributed by atoms with Crippen molar-refractivity contribution in [3.63, 3.8) is 0 Å². The molecule has 0 aliphatic carbocycles. The fourth-order valence-electron chi connectivity index (χ4n) is 2.09. The average molecular weight is 354 g/mol. The topological polar surface area (TPSA) is 104 Å². The van der Waals surface area contributed by atoms with E-state index in [0.717, 1.165) is 0 Å². The van der Waals surface area contributed by atoms with E-state index in [0.29, 0.717) is 16.8 Å². The molecule has 120 valence electrons. The zero-order valence-corrected chi connectivity index (χ0v) is 13.5. The molecule has 7 nitrogen and oxygen atoms in total. The highest BCUT2D eigenvalue weighted by Crippen LogP contribution is 2.28. The van der Waals surface area contributed by atoms with Crippen molar-refractivity contribution in [3.05, 3.63) is 51.9 Å². The van der Waals surface area contributed by atoms with E-state index in [1.807, 2.05) is 0 Å². The molecule has 0 amide bonds. The van der Waals surface area contributed by atoms with Crippen LogP contribution in [0.3, 0.4) is 0 Å². The minimum absolute atomic E-state index is 0.0667. The molecule has 23 heavy (non-hydrogen) atoms. The quantitative estimate of drug-likeness (QED) is 0.669. The molecule has 0 atom stereocenters. The Balaban J connectivity index is 1.98. The highest BCUT2D eigenvalue weighted by atomic mass is 35.5. The summed E-state index contributed by atoms with van der Waals surface area (Å²) in [5, 5.41) is 0.171. The number of hydrogen-bond donors (Lipinski definition) is 3. The number of methoxy groups -OCH3 is 1. The number of nitrogens with one attached hydrogen (secondary N) is 3. The zero-order valence-electron chi connectivity index (χ0n) is 11.9. The van der Waals surface area contributed by atoms with Crippen molar-refractivity contribution < 1.29 is 13.2 Å². The van der Waals surface area contributed by atoms with Crippen LogP contribution in [-0.4, -0.2) is 25.5 Å². The molecular weight excluding hydrogens is 342 g/mol. The molecule has 3 N–H and O–H groups in total. The summed E-state index contributed by atoms with van der Waals surface area (Å²) in [6.07, 6.45) is 0. The second-order valence-electron chi connectivity index (χ2n) is 4.74. The van der Waals surface area contributed by atoms with E-state index in [1.165, 1.54) is 31.4 Å². The lowest BCUT2D eigenvalue weighted by Crippen LogP contribution is -2.13. The summed E-state index contributed by atoms with van der Waals surface area (Å²) in [5.74, 6) is 0.549.